The molecule has 0 aromatic heterocycles. The number of carbonyl (C=O) groups excluding carboxylic acids is 2. The van der Waals surface area contributed by atoms with Gasteiger partial charge in [-0.3, -0.25) is 4.79 Å². The Bertz CT molecular complexity index is 796. The summed E-state index contributed by atoms with van der Waals surface area (Å²) < 4.78 is 28.6. The van der Waals surface area contributed by atoms with Gasteiger partial charge in [0.1, 0.15) is 0 Å². The highest BCUT2D eigenvalue weighted by Crippen LogP contribution is 2.34. The first-order valence-electron chi connectivity index (χ1n) is 9.61. The number of rotatable bonds is 6. The average molecular weight is 411 g/mol. The van der Waals surface area contributed by atoms with Crippen LogP contribution in [0.15, 0.2) is 29.2 Å². The SMILES string of the molecule is CCCCOC(=O)N1CCC(C)(N(C(C)=O)c2ccc(S(C)(=O)=O)cc2)CC1. The molecule has 2 rings (SSSR count). The molecule has 1 fully saturated rings. The molecule has 156 valence electrons. The zero-order valence-electron chi connectivity index (χ0n) is 17.1. The van der Waals surface area contributed by atoms with Gasteiger partial charge in [0.05, 0.1) is 11.5 Å². The molecular weight excluding hydrogens is 380 g/mol. The van der Waals surface area contributed by atoms with Crippen LogP contribution in [0.5, 0.6) is 0 Å². The van der Waals surface area contributed by atoms with E-state index in [-0.39, 0.29) is 16.9 Å². The molecule has 1 saturated heterocycles. The van der Waals surface area contributed by atoms with Gasteiger partial charge in [0, 0.05) is 37.5 Å². The maximum absolute atomic E-state index is 12.4. The fourth-order valence-electron chi connectivity index (χ4n) is 3.51. The van der Waals surface area contributed by atoms with E-state index in [1.54, 1.807) is 21.9 Å². The second-order valence-electron chi connectivity index (χ2n) is 7.57. The van der Waals surface area contributed by atoms with E-state index in [2.05, 4.69) is 0 Å². The van der Waals surface area contributed by atoms with Gasteiger partial charge in [-0.15, -0.1) is 0 Å². The third-order valence-electron chi connectivity index (χ3n) is 5.20. The highest BCUT2D eigenvalue weighted by atomic mass is 32.2. The molecule has 0 spiro atoms. The lowest BCUT2D eigenvalue weighted by atomic mass is 9.87. The van der Waals surface area contributed by atoms with E-state index in [1.165, 1.54) is 19.1 Å². The van der Waals surface area contributed by atoms with E-state index >= 15 is 0 Å². The molecule has 1 aromatic carbocycles. The van der Waals surface area contributed by atoms with Crippen molar-refractivity contribution in [3.05, 3.63) is 24.3 Å². The number of carbonyl (C=O) groups is 2. The Morgan fingerprint density at radius 2 is 1.75 bits per heavy atom. The Labute approximate surface area is 167 Å². The van der Waals surface area contributed by atoms with Crippen LogP contribution >= 0.6 is 0 Å². The summed E-state index contributed by atoms with van der Waals surface area (Å²) in [5, 5.41) is 0. The van der Waals surface area contributed by atoms with Gasteiger partial charge in [0.15, 0.2) is 9.84 Å². The molecule has 8 heteroatoms. The maximum Gasteiger partial charge on any atom is 0.409 e. The van der Waals surface area contributed by atoms with Crippen molar-refractivity contribution in [3.8, 4) is 0 Å². The predicted octanol–water partition coefficient (Wildman–Crippen LogP) is 3.23. The van der Waals surface area contributed by atoms with Gasteiger partial charge in [0.2, 0.25) is 5.91 Å². The number of sulfone groups is 1. The normalized spacial score (nSPS) is 16.5. The maximum atomic E-state index is 12.4. The number of likely N-dealkylation sites (tertiary alicyclic amines) is 1. The molecule has 0 unspecified atom stereocenters. The minimum Gasteiger partial charge on any atom is -0.449 e. The lowest BCUT2D eigenvalue weighted by Crippen LogP contribution is -2.56. The topological polar surface area (TPSA) is 84.0 Å². The summed E-state index contributed by atoms with van der Waals surface area (Å²) in [6, 6.07) is 6.36. The van der Waals surface area contributed by atoms with Gasteiger partial charge in [-0.05, 0) is 50.5 Å². The van der Waals surface area contributed by atoms with Crippen molar-refractivity contribution in [2.45, 2.75) is 56.9 Å². The monoisotopic (exact) mass is 410 g/mol. The number of amides is 2. The van der Waals surface area contributed by atoms with E-state index in [1.807, 2.05) is 13.8 Å². The standard InChI is InChI=1S/C20H30N2O5S/c1-5-6-15-27-19(24)21-13-11-20(3,12-14-21)22(16(2)23)17-7-9-18(10-8-17)28(4,25)26/h7-10H,5-6,11-15H2,1-4H3. The lowest BCUT2D eigenvalue weighted by Gasteiger charge is -2.46. The average Bonchev–Trinajstić information content (AvgIpc) is 2.61. The second-order valence-corrected chi connectivity index (χ2v) is 9.59. The lowest BCUT2D eigenvalue weighted by molar-refractivity contribution is -0.118. The van der Waals surface area contributed by atoms with E-state index in [0.29, 0.717) is 38.2 Å². The van der Waals surface area contributed by atoms with Gasteiger partial charge in [-0.25, -0.2) is 13.2 Å². The molecule has 1 aromatic rings. The number of piperidine rings is 1. The van der Waals surface area contributed by atoms with Crippen LogP contribution < -0.4 is 4.90 Å². The fraction of sp³-hybridized carbons (Fsp3) is 0.600. The molecule has 0 radical (unpaired) electrons. The number of benzene rings is 1. The van der Waals surface area contributed by atoms with Gasteiger partial charge in [-0.2, -0.15) is 0 Å². The van der Waals surface area contributed by atoms with Crippen LogP contribution in [0.3, 0.4) is 0 Å². The summed E-state index contributed by atoms with van der Waals surface area (Å²) in [5.74, 6) is -0.117. The Hall–Kier alpha value is -2.09. The van der Waals surface area contributed by atoms with Crippen LogP contribution in [0.2, 0.25) is 0 Å². The molecule has 0 N–H and O–H groups in total. The molecule has 0 bridgehead atoms. The third kappa shape index (κ3) is 5.25. The fourth-order valence-corrected chi connectivity index (χ4v) is 4.14. The zero-order valence-corrected chi connectivity index (χ0v) is 17.9. The first-order chi connectivity index (χ1) is 13.1. The van der Waals surface area contributed by atoms with Crippen molar-refractivity contribution in [2.75, 3.05) is 30.9 Å². The quantitative estimate of drug-likeness (QED) is 0.672. The van der Waals surface area contributed by atoms with E-state index in [0.717, 1.165) is 19.1 Å². The van der Waals surface area contributed by atoms with Crippen molar-refractivity contribution in [3.63, 3.8) is 0 Å². The Balaban J connectivity index is 2.12. The molecule has 2 amide bonds. The van der Waals surface area contributed by atoms with Gasteiger partial charge in [0.25, 0.3) is 0 Å². The van der Waals surface area contributed by atoms with E-state index < -0.39 is 15.4 Å². The highest BCUT2D eigenvalue weighted by molar-refractivity contribution is 7.90. The minimum atomic E-state index is -3.29. The largest absolute Gasteiger partial charge is 0.449 e. The molecule has 0 aliphatic carbocycles. The van der Waals surface area contributed by atoms with Gasteiger partial charge >= 0.3 is 6.09 Å². The van der Waals surface area contributed by atoms with Crippen LogP contribution in [-0.4, -0.2) is 56.8 Å². The van der Waals surface area contributed by atoms with Gasteiger partial charge < -0.3 is 14.5 Å². The summed E-state index contributed by atoms with van der Waals surface area (Å²) in [6.45, 7) is 6.98. The Morgan fingerprint density at radius 3 is 2.21 bits per heavy atom. The van der Waals surface area contributed by atoms with Crippen molar-refractivity contribution in [1.29, 1.82) is 0 Å². The summed E-state index contributed by atoms with van der Waals surface area (Å²) in [7, 11) is -3.29. The Kier molecular flexibility index (Phi) is 7.09. The Morgan fingerprint density at radius 1 is 1.18 bits per heavy atom. The molecule has 28 heavy (non-hydrogen) atoms. The second kappa shape index (κ2) is 8.94. The summed E-state index contributed by atoms with van der Waals surface area (Å²) in [4.78, 5) is 28.2. The van der Waals surface area contributed by atoms with Crippen molar-refractivity contribution >= 4 is 27.5 Å². The third-order valence-corrected chi connectivity index (χ3v) is 6.33. The molecule has 1 aliphatic rings. The number of hydrogen-bond acceptors (Lipinski definition) is 5. The van der Waals surface area contributed by atoms with Crippen LogP contribution in [-0.2, 0) is 19.4 Å². The molecule has 1 aliphatic heterocycles. The number of hydrogen-bond donors (Lipinski definition) is 0. The predicted molar refractivity (Wildman–Crippen MR) is 108 cm³/mol. The smallest absolute Gasteiger partial charge is 0.409 e. The summed E-state index contributed by atoms with van der Waals surface area (Å²) in [6.07, 6.45) is 3.89. The van der Waals surface area contributed by atoms with Crippen LogP contribution in [0.1, 0.15) is 46.5 Å². The number of ether oxygens (including phenoxy) is 1. The summed E-state index contributed by atoms with van der Waals surface area (Å²) >= 11 is 0. The van der Waals surface area contributed by atoms with E-state index in [4.69, 9.17) is 4.74 Å². The van der Waals surface area contributed by atoms with Crippen LogP contribution in [0, 0.1) is 0 Å². The number of anilines is 1. The molecule has 1 heterocycles. The van der Waals surface area contributed by atoms with Gasteiger partial charge in [-0.1, -0.05) is 13.3 Å². The molecule has 0 atom stereocenters. The first kappa shape index (κ1) is 22.2. The molecule has 0 saturated carbocycles. The molecular formula is C20H30N2O5S. The molecule has 7 nitrogen and oxygen atoms in total. The highest BCUT2D eigenvalue weighted by Gasteiger charge is 2.39. The van der Waals surface area contributed by atoms with Crippen LogP contribution in [0.25, 0.3) is 0 Å². The summed E-state index contributed by atoms with van der Waals surface area (Å²) in [5.41, 5.74) is 0.194. The first-order valence-corrected chi connectivity index (χ1v) is 11.5. The van der Waals surface area contributed by atoms with Crippen molar-refractivity contribution < 1.29 is 22.7 Å². The van der Waals surface area contributed by atoms with E-state index in [9.17, 15) is 18.0 Å². The zero-order chi connectivity index (χ0) is 20.9. The minimum absolute atomic E-state index is 0.117. The van der Waals surface area contributed by atoms with Crippen molar-refractivity contribution in [2.24, 2.45) is 0 Å². The van der Waals surface area contributed by atoms with Crippen LogP contribution in [0.4, 0.5) is 10.5 Å². The van der Waals surface area contributed by atoms with Crippen molar-refractivity contribution in [1.82, 2.24) is 4.90 Å². The number of unbranched alkanes of at least 4 members (excludes halogenated alkanes) is 1. The number of nitrogens with zero attached hydrogens (tertiary/aromatic N) is 2.